The summed E-state index contributed by atoms with van der Waals surface area (Å²) in [5.74, 6) is 0. The van der Waals surface area contributed by atoms with Gasteiger partial charge in [0.2, 0.25) is 0 Å². The molecule has 2 aromatic carbocycles. The van der Waals surface area contributed by atoms with Gasteiger partial charge in [-0.05, 0) is 60.6 Å². The molecule has 2 aromatic rings. The Balaban J connectivity index is 2.25. The van der Waals surface area contributed by atoms with Crippen molar-refractivity contribution in [3.05, 3.63) is 64.2 Å². The van der Waals surface area contributed by atoms with Crippen molar-refractivity contribution in [1.82, 2.24) is 0 Å². The molecule has 0 aliphatic heterocycles. The van der Waals surface area contributed by atoms with Gasteiger partial charge < -0.3 is 0 Å². The zero-order valence-corrected chi connectivity index (χ0v) is 11.2. The molecule has 0 nitrogen and oxygen atoms in total. The van der Waals surface area contributed by atoms with Crippen LogP contribution in [0.1, 0.15) is 29.2 Å². The molecular formula is C18H18. The second-order valence-electron chi connectivity index (χ2n) is 5.31. The first-order valence-corrected chi connectivity index (χ1v) is 6.52. The lowest BCUT2D eigenvalue weighted by molar-refractivity contribution is 1.19. The summed E-state index contributed by atoms with van der Waals surface area (Å²) in [5.41, 5.74) is 9.92. The van der Waals surface area contributed by atoms with Crippen molar-refractivity contribution in [2.45, 2.75) is 27.2 Å². The van der Waals surface area contributed by atoms with Crippen LogP contribution in [0.5, 0.6) is 0 Å². The van der Waals surface area contributed by atoms with E-state index < -0.39 is 0 Å². The van der Waals surface area contributed by atoms with Crippen molar-refractivity contribution in [1.29, 1.82) is 0 Å². The Morgan fingerprint density at radius 1 is 0.833 bits per heavy atom. The zero-order chi connectivity index (χ0) is 12.7. The summed E-state index contributed by atoms with van der Waals surface area (Å²) in [6, 6.07) is 13.2. The van der Waals surface area contributed by atoms with Crippen LogP contribution in [0.4, 0.5) is 0 Å². The van der Waals surface area contributed by atoms with E-state index in [9.17, 15) is 0 Å². The van der Waals surface area contributed by atoms with Gasteiger partial charge in [0, 0.05) is 0 Å². The third-order valence-electron chi connectivity index (χ3n) is 3.82. The summed E-state index contributed by atoms with van der Waals surface area (Å²) in [6.07, 6.45) is 3.41. The van der Waals surface area contributed by atoms with Gasteiger partial charge in [-0.15, -0.1) is 0 Å². The van der Waals surface area contributed by atoms with E-state index in [1.807, 2.05) is 0 Å². The van der Waals surface area contributed by atoms with Gasteiger partial charge in [-0.25, -0.2) is 0 Å². The van der Waals surface area contributed by atoms with Crippen LogP contribution in [0, 0.1) is 13.8 Å². The monoisotopic (exact) mass is 234 g/mol. The maximum absolute atomic E-state index is 2.31. The zero-order valence-electron chi connectivity index (χ0n) is 11.2. The quantitative estimate of drug-likeness (QED) is 0.656. The van der Waals surface area contributed by atoms with Crippen molar-refractivity contribution in [2.75, 3.05) is 0 Å². The second kappa shape index (κ2) is 4.13. The third-order valence-corrected chi connectivity index (χ3v) is 3.82. The fourth-order valence-electron chi connectivity index (χ4n) is 3.01. The van der Waals surface area contributed by atoms with Crippen molar-refractivity contribution >= 4 is 6.08 Å². The van der Waals surface area contributed by atoms with E-state index in [-0.39, 0.29) is 0 Å². The summed E-state index contributed by atoms with van der Waals surface area (Å²) < 4.78 is 0. The highest BCUT2D eigenvalue weighted by Crippen LogP contribution is 2.36. The Hall–Kier alpha value is -1.82. The van der Waals surface area contributed by atoms with Crippen molar-refractivity contribution < 1.29 is 0 Å². The molecule has 18 heavy (non-hydrogen) atoms. The fraction of sp³-hybridized carbons (Fsp3) is 0.222. The molecule has 0 radical (unpaired) electrons. The minimum absolute atomic E-state index is 1.10. The van der Waals surface area contributed by atoms with Gasteiger partial charge in [-0.3, -0.25) is 0 Å². The molecule has 0 aromatic heterocycles. The molecule has 0 saturated carbocycles. The van der Waals surface area contributed by atoms with Gasteiger partial charge >= 0.3 is 0 Å². The Kier molecular flexibility index (Phi) is 2.59. The van der Waals surface area contributed by atoms with Crippen LogP contribution >= 0.6 is 0 Å². The molecule has 90 valence electrons. The molecule has 0 bridgehead atoms. The van der Waals surface area contributed by atoms with Crippen LogP contribution in [-0.2, 0) is 6.42 Å². The third kappa shape index (κ3) is 1.69. The van der Waals surface area contributed by atoms with Gasteiger partial charge in [0.05, 0.1) is 0 Å². The van der Waals surface area contributed by atoms with E-state index in [2.05, 4.69) is 63.2 Å². The molecule has 0 spiro atoms. The van der Waals surface area contributed by atoms with E-state index in [1.54, 1.807) is 0 Å². The Bertz CT molecular complexity index is 625. The molecule has 3 rings (SSSR count). The average molecular weight is 234 g/mol. The molecular weight excluding hydrogens is 216 g/mol. The minimum Gasteiger partial charge on any atom is -0.0683 e. The van der Waals surface area contributed by atoms with Gasteiger partial charge in [0.1, 0.15) is 0 Å². The first kappa shape index (κ1) is 11.3. The number of fused-ring (bicyclic) bond motifs is 1. The van der Waals surface area contributed by atoms with E-state index in [1.165, 1.54) is 39.0 Å². The predicted molar refractivity (Wildman–Crippen MR) is 78.7 cm³/mol. The summed E-state index contributed by atoms with van der Waals surface area (Å²) in [4.78, 5) is 0. The normalized spacial score (nSPS) is 13.4. The van der Waals surface area contributed by atoms with Crippen LogP contribution in [0.15, 0.2) is 42.0 Å². The first-order valence-electron chi connectivity index (χ1n) is 6.52. The molecule has 1 aliphatic rings. The second-order valence-corrected chi connectivity index (χ2v) is 5.31. The van der Waals surface area contributed by atoms with E-state index >= 15 is 0 Å². The lowest BCUT2D eigenvalue weighted by Crippen LogP contribution is -1.94. The smallest absolute Gasteiger partial charge is 0.00544 e. The van der Waals surface area contributed by atoms with Gasteiger partial charge in [0.15, 0.2) is 0 Å². The topological polar surface area (TPSA) is 0 Å². The number of rotatable bonds is 1. The largest absolute Gasteiger partial charge is 0.0683 e. The maximum atomic E-state index is 2.31. The van der Waals surface area contributed by atoms with E-state index in [0.29, 0.717) is 0 Å². The average Bonchev–Trinajstić information content (AvgIpc) is 2.70. The SMILES string of the molecule is CC1=Cc2cccc(-c3c(C)cccc3C)c2C1. The van der Waals surface area contributed by atoms with Gasteiger partial charge in [-0.1, -0.05) is 48.0 Å². The van der Waals surface area contributed by atoms with Crippen molar-refractivity contribution in [3.8, 4) is 11.1 Å². The van der Waals surface area contributed by atoms with Crippen LogP contribution in [0.2, 0.25) is 0 Å². The Labute approximate surface area is 109 Å². The molecule has 0 atom stereocenters. The number of hydrogen-bond acceptors (Lipinski definition) is 0. The Morgan fingerprint density at radius 2 is 1.50 bits per heavy atom. The Morgan fingerprint density at radius 3 is 2.22 bits per heavy atom. The van der Waals surface area contributed by atoms with Crippen LogP contribution < -0.4 is 0 Å². The lowest BCUT2D eigenvalue weighted by Gasteiger charge is -2.14. The van der Waals surface area contributed by atoms with Crippen LogP contribution in [0.3, 0.4) is 0 Å². The molecule has 0 heterocycles. The summed E-state index contributed by atoms with van der Waals surface area (Å²) >= 11 is 0. The van der Waals surface area contributed by atoms with Gasteiger partial charge in [0.25, 0.3) is 0 Å². The van der Waals surface area contributed by atoms with Crippen molar-refractivity contribution in [2.24, 2.45) is 0 Å². The standard InChI is InChI=1S/C18H18/c1-12-10-15-8-5-9-16(17(15)11-12)18-13(2)6-4-7-14(18)3/h4-10H,11H2,1-3H3. The van der Waals surface area contributed by atoms with Crippen molar-refractivity contribution in [3.63, 3.8) is 0 Å². The summed E-state index contributed by atoms with van der Waals surface area (Å²) in [7, 11) is 0. The first-order chi connectivity index (χ1) is 8.66. The van der Waals surface area contributed by atoms with E-state index in [0.717, 1.165) is 6.42 Å². The molecule has 0 saturated heterocycles. The number of hydrogen-bond donors (Lipinski definition) is 0. The van der Waals surface area contributed by atoms with Crippen LogP contribution in [0.25, 0.3) is 17.2 Å². The molecule has 0 unspecified atom stereocenters. The number of aryl methyl sites for hydroxylation is 2. The molecule has 1 aliphatic carbocycles. The molecule has 0 amide bonds. The predicted octanol–water partition coefficient (Wildman–Crippen LogP) is 4.93. The van der Waals surface area contributed by atoms with Gasteiger partial charge in [-0.2, -0.15) is 0 Å². The number of allylic oxidation sites excluding steroid dienone is 1. The molecule has 0 N–H and O–H groups in total. The highest BCUT2D eigenvalue weighted by atomic mass is 14.2. The lowest BCUT2D eigenvalue weighted by atomic mass is 9.90. The highest BCUT2D eigenvalue weighted by molar-refractivity contribution is 5.80. The fourth-order valence-corrected chi connectivity index (χ4v) is 3.01. The molecule has 0 fully saturated rings. The number of benzene rings is 2. The van der Waals surface area contributed by atoms with E-state index in [4.69, 9.17) is 0 Å². The summed E-state index contributed by atoms with van der Waals surface area (Å²) in [5, 5.41) is 0. The van der Waals surface area contributed by atoms with Crippen LogP contribution in [-0.4, -0.2) is 0 Å². The molecule has 0 heteroatoms. The minimum atomic E-state index is 1.10. The highest BCUT2D eigenvalue weighted by Gasteiger charge is 2.16. The summed E-state index contributed by atoms with van der Waals surface area (Å²) in [6.45, 7) is 6.63. The maximum Gasteiger partial charge on any atom is -0.00544 e.